The summed E-state index contributed by atoms with van der Waals surface area (Å²) >= 11 is 6.15. The van der Waals surface area contributed by atoms with Gasteiger partial charge in [-0.2, -0.15) is 0 Å². The van der Waals surface area contributed by atoms with Crippen LogP contribution in [0, 0.1) is 6.92 Å². The highest BCUT2D eigenvalue weighted by Crippen LogP contribution is 2.27. The van der Waals surface area contributed by atoms with E-state index in [-0.39, 0.29) is 29.8 Å². The second-order valence-electron chi connectivity index (χ2n) is 10.8. The van der Waals surface area contributed by atoms with E-state index in [1.54, 1.807) is 67.6 Å². The van der Waals surface area contributed by atoms with Gasteiger partial charge in [-0.25, -0.2) is 8.42 Å². The van der Waals surface area contributed by atoms with E-state index in [0.29, 0.717) is 22.7 Å². The van der Waals surface area contributed by atoms with Crippen molar-refractivity contribution in [3.63, 3.8) is 0 Å². The highest BCUT2D eigenvalue weighted by molar-refractivity contribution is 7.92. The molecule has 0 aliphatic carbocycles. The number of nitrogens with zero attached hydrogens (tertiary/aromatic N) is 2. The number of hydrogen-bond acceptors (Lipinski definition) is 4. The average Bonchev–Trinajstić information content (AvgIpc) is 3.03. The van der Waals surface area contributed by atoms with Gasteiger partial charge in [0.15, 0.2) is 0 Å². The molecule has 9 heteroatoms. The van der Waals surface area contributed by atoms with Gasteiger partial charge in [0.25, 0.3) is 10.0 Å². The molecule has 7 nitrogen and oxygen atoms in total. The summed E-state index contributed by atoms with van der Waals surface area (Å²) in [7, 11) is -4.14. The normalized spacial score (nSPS) is 12.6. The van der Waals surface area contributed by atoms with E-state index in [4.69, 9.17) is 11.6 Å². The zero-order valence-corrected chi connectivity index (χ0v) is 26.8. The molecule has 0 aliphatic heterocycles. The van der Waals surface area contributed by atoms with E-state index >= 15 is 0 Å². The zero-order valence-electron chi connectivity index (χ0n) is 25.2. The molecule has 0 saturated carbocycles. The number of sulfonamides is 1. The molecular weight excluding hydrogens is 594 g/mol. The first kappa shape index (κ1) is 32.8. The van der Waals surface area contributed by atoms with Gasteiger partial charge < -0.3 is 10.2 Å². The lowest BCUT2D eigenvalue weighted by molar-refractivity contribution is -0.140. The Morgan fingerprint density at radius 2 is 1.41 bits per heavy atom. The smallest absolute Gasteiger partial charge is 0.264 e. The highest BCUT2D eigenvalue weighted by atomic mass is 35.5. The molecule has 0 unspecified atom stereocenters. The number of halogens is 1. The van der Waals surface area contributed by atoms with E-state index in [0.717, 1.165) is 15.4 Å². The van der Waals surface area contributed by atoms with Crippen molar-refractivity contribution >= 4 is 39.1 Å². The molecule has 0 heterocycles. The third-order valence-electron chi connectivity index (χ3n) is 7.53. The van der Waals surface area contributed by atoms with Crippen molar-refractivity contribution in [3.8, 4) is 0 Å². The minimum Gasteiger partial charge on any atom is -0.352 e. The monoisotopic (exact) mass is 631 g/mol. The van der Waals surface area contributed by atoms with Crippen LogP contribution in [-0.2, 0) is 32.6 Å². The maximum Gasteiger partial charge on any atom is 0.264 e. The van der Waals surface area contributed by atoms with Gasteiger partial charge >= 0.3 is 0 Å². The minimum absolute atomic E-state index is 0.0654. The average molecular weight is 632 g/mol. The van der Waals surface area contributed by atoms with E-state index in [9.17, 15) is 18.0 Å². The standard InChI is InChI=1S/C35H38ClN3O4S/c1-4-27(3)37-35(41)33(23-28-14-7-5-8-15-28)38(24-29-19-21-30(36)22-20-29)34(40)25-39(32-18-12-11-13-26(32)2)44(42,43)31-16-9-6-10-17-31/h5-22,27,33H,4,23-25H2,1-3H3,(H,37,41)/t27-,33-/m0/s1. The predicted octanol–water partition coefficient (Wildman–Crippen LogP) is 6.40. The van der Waals surface area contributed by atoms with Crippen LogP contribution in [0.4, 0.5) is 5.69 Å². The van der Waals surface area contributed by atoms with Crippen molar-refractivity contribution in [3.05, 3.63) is 131 Å². The van der Waals surface area contributed by atoms with Gasteiger partial charge in [0.1, 0.15) is 12.6 Å². The Labute approximate surface area is 265 Å². The summed E-state index contributed by atoms with van der Waals surface area (Å²) in [5.74, 6) is -0.818. The van der Waals surface area contributed by atoms with Gasteiger partial charge in [-0.15, -0.1) is 0 Å². The van der Waals surface area contributed by atoms with Crippen LogP contribution in [0.25, 0.3) is 0 Å². The lowest BCUT2D eigenvalue weighted by Gasteiger charge is -2.34. The van der Waals surface area contributed by atoms with Gasteiger partial charge in [-0.1, -0.05) is 97.4 Å². The van der Waals surface area contributed by atoms with Crippen LogP contribution in [0.2, 0.25) is 5.02 Å². The molecule has 44 heavy (non-hydrogen) atoms. The number of amides is 2. The molecule has 0 radical (unpaired) electrons. The second kappa shape index (κ2) is 15.0. The fourth-order valence-electron chi connectivity index (χ4n) is 4.86. The number of carbonyl (C=O) groups is 2. The van der Waals surface area contributed by atoms with Crippen LogP contribution < -0.4 is 9.62 Å². The first-order valence-electron chi connectivity index (χ1n) is 14.6. The van der Waals surface area contributed by atoms with Crippen molar-refractivity contribution in [2.75, 3.05) is 10.8 Å². The molecule has 0 bridgehead atoms. The Hall–Kier alpha value is -4.14. The number of nitrogens with one attached hydrogen (secondary N) is 1. The van der Waals surface area contributed by atoms with Gasteiger partial charge in [0, 0.05) is 24.0 Å². The van der Waals surface area contributed by atoms with Crippen molar-refractivity contribution in [2.45, 2.75) is 57.1 Å². The number of benzene rings is 4. The first-order valence-corrected chi connectivity index (χ1v) is 16.4. The van der Waals surface area contributed by atoms with E-state index in [1.165, 1.54) is 17.0 Å². The molecule has 0 aromatic heterocycles. The number of carbonyl (C=O) groups excluding carboxylic acids is 2. The minimum atomic E-state index is -4.14. The van der Waals surface area contributed by atoms with Gasteiger partial charge in [0.05, 0.1) is 10.6 Å². The summed E-state index contributed by atoms with van der Waals surface area (Å²) in [5.41, 5.74) is 2.71. The number of hydrogen-bond donors (Lipinski definition) is 1. The maximum atomic E-state index is 14.5. The maximum absolute atomic E-state index is 14.5. The van der Waals surface area contributed by atoms with Crippen LogP contribution in [0.5, 0.6) is 0 Å². The quantitative estimate of drug-likeness (QED) is 0.185. The summed E-state index contributed by atoms with van der Waals surface area (Å²) < 4.78 is 29.3. The van der Waals surface area contributed by atoms with Gasteiger partial charge in [-0.3, -0.25) is 13.9 Å². The molecule has 0 fully saturated rings. The molecular formula is C35H38ClN3O4S. The molecule has 4 aromatic rings. The summed E-state index contributed by atoms with van der Waals surface area (Å²) in [4.78, 5) is 29.9. The molecule has 4 aromatic carbocycles. The molecule has 0 saturated heterocycles. The van der Waals surface area contributed by atoms with Crippen LogP contribution in [0.15, 0.2) is 114 Å². The number of aryl methyl sites for hydroxylation is 1. The fraction of sp³-hybridized carbons (Fsp3) is 0.257. The summed E-state index contributed by atoms with van der Waals surface area (Å²) in [6, 6.07) is 30.6. The molecule has 230 valence electrons. The van der Waals surface area contributed by atoms with E-state index in [1.807, 2.05) is 50.2 Å². The molecule has 2 amide bonds. The Balaban J connectivity index is 1.81. The SMILES string of the molecule is CC[C@H](C)NC(=O)[C@H](Cc1ccccc1)N(Cc1ccc(Cl)cc1)C(=O)CN(c1ccccc1C)S(=O)(=O)c1ccccc1. The second-order valence-corrected chi connectivity index (χ2v) is 13.1. The first-order chi connectivity index (χ1) is 21.1. The Morgan fingerprint density at radius 3 is 2.02 bits per heavy atom. The Bertz CT molecular complexity index is 1650. The third kappa shape index (κ3) is 8.27. The molecule has 4 rings (SSSR count). The fourth-order valence-corrected chi connectivity index (χ4v) is 6.48. The van der Waals surface area contributed by atoms with Crippen LogP contribution >= 0.6 is 11.6 Å². The van der Waals surface area contributed by atoms with Gasteiger partial charge in [0.2, 0.25) is 11.8 Å². The lowest BCUT2D eigenvalue weighted by Crippen LogP contribution is -2.54. The number of anilines is 1. The number of rotatable bonds is 13. The third-order valence-corrected chi connectivity index (χ3v) is 9.56. The molecule has 0 aliphatic rings. The van der Waals surface area contributed by atoms with Crippen molar-refractivity contribution in [1.29, 1.82) is 0 Å². The topological polar surface area (TPSA) is 86.8 Å². The molecule has 2 atom stereocenters. The van der Waals surface area contributed by atoms with Crippen molar-refractivity contribution in [2.24, 2.45) is 0 Å². The largest absolute Gasteiger partial charge is 0.352 e. The zero-order chi connectivity index (χ0) is 31.7. The Kier molecular flexibility index (Phi) is 11.2. The molecule has 0 spiro atoms. The van der Waals surface area contributed by atoms with Gasteiger partial charge in [-0.05, 0) is 67.3 Å². The lowest BCUT2D eigenvalue weighted by atomic mass is 10.0. The van der Waals surface area contributed by atoms with Crippen molar-refractivity contribution in [1.82, 2.24) is 10.2 Å². The van der Waals surface area contributed by atoms with Crippen LogP contribution in [0.1, 0.15) is 37.0 Å². The van der Waals surface area contributed by atoms with Crippen molar-refractivity contribution < 1.29 is 18.0 Å². The molecule has 1 N–H and O–H groups in total. The van der Waals surface area contributed by atoms with E-state index < -0.39 is 28.5 Å². The summed E-state index contributed by atoms with van der Waals surface area (Å²) in [5, 5.41) is 3.59. The summed E-state index contributed by atoms with van der Waals surface area (Å²) in [6.07, 6.45) is 0.962. The number of para-hydroxylation sites is 1. The van der Waals surface area contributed by atoms with E-state index in [2.05, 4.69) is 5.32 Å². The summed E-state index contributed by atoms with van der Waals surface area (Å²) in [6.45, 7) is 5.26. The highest BCUT2D eigenvalue weighted by Gasteiger charge is 2.35. The van der Waals surface area contributed by atoms with Crippen LogP contribution in [-0.4, -0.2) is 43.8 Å². The predicted molar refractivity (Wildman–Crippen MR) is 176 cm³/mol. The Morgan fingerprint density at radius 1 is 0.818 bits per heavy atom. The van der Waals surface area contributed by atoms with Crippen LogP contribution in [0.3, 0.4) is 0 Å².